The lowest BCUT2D eigenvalue weighted by Gasteiger charge is -2.55. The van der Waals surface area contributed by atoms with Crippen molar-refractivity contribution < 1.29 is 23.8 Å². The molecule has 4 aromatic rings. The Kier molecular flexibility index (Phi) is 5.76. The van der Waals surface area contributed by atoms with Crippen molar-refractivity contribution in [3.63, 3.8) is 0 Å². The third kappa shape index (κ3) is 3.84. The van der Waals surface area contributed by atoms with Crippen molar-refractivity contribution in [1.29, 1.82) is 0 Å². The van der Waals surface area contributed by atoms with E-state index in [1.54, 1.807) is 41.3 Å². The Morgan fingerprint density at radius 2 is 2.03 bits per heavy atom. The number of nitrogens with one attached hydrogen (secondary N) is 2. The molecule has 0 radical (unpaired) electrons. The summed E-state index contributed by atoms with van der Waals surface area (Å²) >= 11 is 0. The third-order valence-electron chi connectivity index (χ3n) is 7.44. The zero-order valence-corrected chi connectivity index (χ0v) is 20.6. The smallest absolute Gasteiger partial charge is 0.321 e. The molecule has 0 bridgehead atoms. The minimum absolute atomic E-state index is 0.249. The summed E-state index contributed by atoms with van der Waals surface area (Å²) in [5, 5.41) is 14.2. The minimum Gasteiger partial charge on any atom is -0.497 e. The van der Waals surface area contributed by atoms with Gasteiger partial charge >= 0.3 is 6.03 Å². The number of aromatic nitrogens is 2. The van der Waals surface area contributed by atoms with Crippen LogP contribution in [0, 0.1) is 5.82 Å². The maximum Gasteiger partial charge on any atom is 0.321 e. The molecule has 0 saturated carbocycles. The number of likely N-dealkylation sites (tertiary alicyclic amines) is 1. The van der Waals surface area contributed by atoms with Crippen molar-refractivity contribution in [3.05, 3.63) is 89.6 Å². The summed E-state index contributed by atoms with van der Waals surface area (Å²) in [5.74, 6) is -0.00612. The second kappa shape index (κ2) is 9.14. The van der Waals surface area contributed by atoms with E-state index in [0.29, 0.717) is 36.6 Å². The van der Waals surface area contributed by atoms with E-state index >= 15 is 0 Å². The quantitative estimate of drug-likeness (QED) is 0.384. The van der Waals surface area contributed by atoms with Crippen LogP contribution in [0.3, 0.4) is 0 Å². The number of benzene rings is 2. The van der Waals surface area contributed by atoms with Crippen LogP contribution in [0.1, 0.15) is 27.7 Å². The lowest BCUT2D eigenvalue weighted by atomic mass is 9.68. The van der Waals surface area contributed by atoms with Gasteiger partial charge in [0.1, 0.15) is 11.6 Å². The molecule has 3 amide bonds. The maximum atomic E-state index is 13.6. The summed E-state index contributed by atoms with van der Waals surface area (Å²) in [6, 6.07) is 13.9. The van der Waals surface area contributed by atoms with Gasteiger partial charge in [-0.2, -0.15) is 0 Å². The summed E-state index contributed by atoms with van der Waals surface area (Å²) < 4.78 is 19.0. The number of fused-ring (bicyclic) bond motifs is 4. The third-order valence-corrected chi connectivity index (χ3v) is 7.44. The van der Waals surface area contributed by atoms with Crippen molar-refractivity contribution in [2.75, 3.05) is 38.7 Å². The molecule has 9 nitrogen and oxygen atoms in total. The van der Waals surface area contributed by atoms with Gasteiger partial charge in [0.25, 0.3) is 5.91 Å². The summed E-state index contributed by atoms with van der Waals surface area (Å²) in [5.41, 5.74) is 2.77. The second-order valence-corrected chi connectivity index (χ2v) is 9.78. The predicted octanol–water partition coefficient (Wildman–Crippen LogP) is 3.69. The van der Waals surface area contributed by atoms with Crippen LogP contribution < -0.4 is 10.1 Å². The zero-order chi connectivity index (χ0) is 26.4. The zero-order valence-electron chi connectivity index (χ0n) is 20.6. The summed E-state index contributed by atoms with van der Waals surface area (Å²) in [4.78, 5) is 37.5. The van der Waals surface area contributed by atoms with Crippen molar-refractivity contribution in [3.8, 4) is 5.75 Å². The van der Waals surface area contributed by atoms with Gasteiger partial charge in [0.05, 0.1) is 30.7 Å². The van der Waals surface area contributed by atoms with Crippen LogP contribution in [0.4, 0.5) is 14.9 Å². The molecule has 2 aromatic heterocycles. The highest BCUT2D eigenvalue weighted by Gasteiger charge is 2.55. The van der Waals surface area contributed by atoms with Gasteiger partial charge in [-0.15, -0.1) is 0 Å². The molecule has 1 saturated heterocycles. The Labute approximate surface area is 217 Å². The number of rotatable bonds is 4. The van der Waals surface area contributed by atoms with Crippen LogP contribution in [0.25, 0.3) is 10.9 Å². The molecule has 6 rings (SSSR count). The number of H-pyrrole nitrogens is 1. The Bertz CT molecular complexity index is 1530. The van der Waals surface area contributed by atoms with E-state index in [2.05, 4.69) is 15.3 Å². The molecule has 1 spiro atoms. The van der Waals surface area contributed by atoms with Crippen molar-refractivity contribution in [2.45, 2.75) is 11.5 Å². The molecule has 1 atom stereocenters. The standard InChI is InChI=1S/C28H26FN5O4/c1-38-20-7-8-21-22(11-20)32-25-23(13-35)34(26(36)17-4-3-9-30-12-17)16-28(24(21)25)14-33(15-28)27(37)31-19-6-2-5-18(29)10-19/h2-12,23,32,35H,13-16H2,1H3,(H,31,37)/t23-/m0/s1. The number of nitrogens with zero attached hydrogens (tertiary/aromatic N) is 3. The van der Waals surface area contributed by atoms with Crippen LogP contribution in [0.2, 0.25) is 0 Å². The van der Waals surface area contributed by atoms with Crippen LogP contribution in [0.15, 0.2) is 67.0 Å². The number of carbonyl (C=O) groups is 2. The topological polar surface area (TPSA) is 111 Å². The van der Waals surface area contributed by atoms with Crippen molar-refractivity contribution in [2.24, 2.45) is 0 Å². The van der Waals surface area contributed by atoms with E-state index in [1.165, 1.54) is 24.4 Å². The fraction of sp³-hybridized carbons (Fsp3) is 0.250. The van der Waals surface area contributed by atoms with Crippen LogP contribution in [-0.2, 0) is 5.41 Å². The first-order chi connectivity index (χ1) is 18.4. The number of hydrogen-bond donors (Lipinski definition) is 3. The van der Waals surface area contributed by atoms with E-state index < -0.39 is 17.3 Å². The monoisotopic (exact) mass is 515 g/mol. The lowest BCUT2D eigenvalue weighted by molar-refractivity contribution is 0.0159. The van der Waals surface area contributed by atoms with E-state index in [4.69, 9.17) is 4.74 Å². The summed E-state index contributed by atoms with van der Waals surface area (Å²) in [7, 11) is 1.59. The highest BCUT2D eigenvalue weighted by Crippen LogP contribution is 2.49. The Morgan fingerprint density at radius 1 is 1.18 bits per heavy atom. The first-order valence-electron chi connectivity index (χ1n) is 12.3. The minimum atomic E-state index is -0.600. The SMILES string of the molecule is COc1ccc2c3c([nH]c2c1)[C@H](CO)N(C(=O)c1cccnc1)CC31CN(C(=O)Nc2cccc(F)c2)C1. The Morgan fingerprint density at radius 3 is 2.74 bits per heavy atom. The first kappa shape index (κ1) is 23.9. The highest BCUT2D eigenvalue weighted by molar-refractivity contribution is 5.96. The molecule has 194 valence electrons. The first-order valence-corrected chi connectivity index (χ1v) is 12.3. The summed E-state index contributed by atoms with van der Waals surface area (Å²) in [6.45, 7) is 0.717. The van der Waals surface area contributed by atoms with Crippen LogP contribution >= 0.6 is 0 Å². The average molecular weight is 516 g/mol. The van der Waals surface area contributed by atoms with E-state index in [0.717, 1.165) is 22.2 Å². The normalized spacial score (nSPS) is 17.7. The van der Waals surface area contributed by atoms with E-state index in [-0.39, 0.29) is 18.5 Å². The number of aromatic amines is 1. The number of methoxy groups -OCH3 is 1. The second-order valence-electron chi connectivity index (χ2n) is 9.78. The molecule has 4 heterocycles. The largest absolute Gasteiger partial charge is 0.497 e. The molecule has 38 heavy (non-hydrogen) atoms. The van der Waals surface area contributed by atoms with Gasteiger partial charge in [0, 0.05) is 60.4 Å². The van der Waals surface area contributed by atoms with Crippen LogP contribution in [-0.4, -0.2) is 70.2 Å². The van der Waals surface area contributed by atoms with Gasteiger partial charge < -0.3 is 29.9 Å². The number of amides is 3. The van der Waals surface area contributed by atoms with Gasteiger partial charge in [-0.05, 0) is 48.0 Å². The number of halogens is 1. The van der Waals surface area contributed by atoms with E-state index in [9.17, 15) is 19.1 Å². The number of urea groups is 1. The molecule has 2 aromatic carbocycles. The number of hydrogen-bond acceptors (Lipinski definition) is 5. The van der Waals surface area contributed by atoms with Crippen molar-refractivity contribution in [1.82, 2.24) is 19.8 Å². The van der Waals surface area contributed by atoms with Crippen LogP contribution in [0.5, 0.6) is 5.75 Å². The molecule has 2 aliphatic rings. The van der Waals surface area contributed by atoms with Gasteiger partial charge in [-0.25, -0.2) is 9.18 Å². The Balaban J connectivity index is 1.38. The maximum absolute atomic E-state index is 13.6. The number of carbonyl (C=O) groups excluding carboxylic acids is 2. The molecule has 0 aliphatic carbocycles. The molecule has 2 aliphatic heterocycles. The molecular weight excluding hydrogens is 489 g/mol. The molecule has 10 heteroatoms. The number of pyridine rings is 1. The molecule has 0 unspecified atom stereocenters. The number of ether oxygens (including phenoxy) is 1. The molecule has 1 fully saturated rings. The number of aliphatic hydroxyl groups is 1. The molecule has 3 N–H and O–H groups in total. The van der Waals surface area contributed by atoms with E-state index in [1.807, 2.05) is 18.2 Å². The average Bonchev–Trinajstić information content (AvgIpc) is 3.30. The fourth-order valence-corrected chi connectivity index (χ4v) is 5.73. The van der Waals surface area contributed by atoms with Crippen molar-refractivity contribution >= 4 is 28.5 Å². The fourth-order valence-electron chi connectivity index (χ4n) is 5.73. The Hall–Kier alpha value is -4.44. The van der Waals surface area contributed by atoms with Gasteiger partial charge in [0.15, 0.2) is 0 Å². The summed E-state index contributed by atoms with van der Waals surface area (Å²) in [6.07, 6.45) is 3.11. The van der Waals surface area contributed by atoms with Gasteiger partial charge in [-0.1, -0.05) is 6.07 Å². The van der Waals surface area contributed by atoms with Gasteiger partial charge in [0.2, 0.25) is 0 Å². The predicted molar refractivity (Wildman–Crippen MR) is 139 cm³/mol. The highest BCUT2D eigenvalue weighted by atomic mass is 19.1. The lowest BCUT2D eigenvalue weighted by Crippen LogP contribution is -2.68. The number of anilines is 1. The van der Waals surface area contributed by atoms with Gasteiger partial charge in [-0.3, -0.25) is 9.78 Å². The number of aliphatic hydroxyl groups excluding tert-OH is 1. The molecular formula is C28H26FN5O4.